The molecule has 0 amide bonds. The van der Waals surface area contributed by atoms with Gasteiger partial charge in [0.05, 0.1) is 19.3 Å². The van der Waals surface area contributed by atoms with Crippen molar-refractivity contribution in [2.75, 3.05) is 13.2 Å². The molecule has 1 fully saturated rings. The molecule has 0 aromatic rings. The molecule has 116 valence electrons. The van der Waals surface area contributed by atoms with E-state index in [1.165, 1.54) is 6.08 Å². The number of rotatable bonds is 5. The fourth-order valence-corrected chi connectivity index (χ4v) is 2.11. The van der Waals surface area contributed by atoms with Crippen molar-refractivity contribution in [3.63, 3.8) is 0 Å². The molecule has 0 aliphatic carbocycles. The van der Waals surface area contributed by atoms with Gasteiger partial charge in [-0.15, -0.1) is 0 Å². The fourth-order valence-electron chi connectivity index (χ4n) is 2.11. The molecule has 0 spiro atoms. The fraction of sp³-hybridized carbons (Fsp3) is 0.769. The molecule has 7 heteroatoms. The summed E-state index contributed by atoms with van der Waals surface area (Å²) >= 11 is 0. The molecule has 5 atom stereocenters. The molecule has 0 unspecified atom stereocenters. The van der Waals surface area contributed by atoms with Crippen LogP contribution in [0.4, 0.5) is 0 Å². The number of aliphatic hydroxyl groups is 4. The zero-order valence-electron chi connectivity index (χ0n) is 11.6. The molecule has 0 saturated carbocycles. The van der Waals surface area contributed by atoms with E-state index < -0.39 is 43.1 Å². The molecule has 7 nitrogen and oxygen atoms in total. The molecule has 0 bridgehead atoms. The van der Waals surface area contributed by atoms with Crippen molar-refractivity contribution < 1.29 is 34.7 Å². The van der Waals surface area contributed by atoms with Crippen molar-refractivity contribution in [1.29, 1.82) is 0 Å². The molecule has 0 aromatic carbocycles. The maximum absolute atomic E-state index is 11.3. The van der Waals surface area contributed by atoms with E-state index >= 15 is 0 Å². The summed E-state index contributed by atoms with van der Waals surface area (Å²) in [6.45, 7) is 3.15. The van der Waals surface area contributed by atoms with E-state index in [4.69, 9.17) is 14.6 Å². The maximum atomic E-state index is 11.3. The van der Waals surface area contributed by atoms with Crippen LogP contribution in [0.5, 0.6) is 0 Å². The van der Waals surface area contributed by atoms with Gasteiger partial charge in [0.1, 0.15) is 24.4 Å². The predicted octanol–water partition coefficient (Wildman–Crippen LogP) is -1.27. The summed E-state index contributed by atoms with van der Waals surface area (Å²) in [5.74, 6) is -0.491. The van der Waals surface area contributed by atoms with Gasteiger partial charge in [-0.25, -0.2) is 4.79 Å². The van der Waals surface area contributed by atoms with Gasteiger partial charge in [0.15, 0.2) is 0 Å². The summed E-state index contributed by atoms with van der Waals surface area (Å²) < 4.78 is 10.1. The second kappa shape index (κ2) is 7.70. The molecular weight excluding hydrogens is 268 g/mol. The Hall–Kier alpha value is -0.990. The Bertz CT molecular complexity index is 353. The molecule has 0 radical (unpaired) electrons. The Balaban J connectivity index is 2.68. The minimum absolute atomic E-state index is 0.181. The number of carbonyl (C=O) groups is 1. The third-order valence-corrected chi connectivity index (χ3v) is 3.17. The lowest BCUT2D eigenvalue weighted by Crippen LogP contribution is -2.58. The number of esters is 1. The van der Waals surface area contributed by atoms with Crippen LogP contribution in [0.25, 0.3) is 0 Å². The Morgan fingerprint density at radius 3 is 2.35 bits per heavy atom. The van der Waals surface area contributed by atoms with Crippen LogP contribution in [0.2, 0.25) is 0 Å². The highest BCUT2D eigenvalue weighted by atomic mass is 16.5. The number of hydrogen-bond donors (Lipinski definition) is 4. The summed E-state index contributed by atoms with van der Waals surface area (Å²) in [6.07, 6.45) is -4.35. The van der Waals surface area contributed by atoms with Crippen LogP contribution in [-0.2, 0) is 14.3 Å². The standard InChI is InChI=1S/C13H22O7/c1-3-19-10(15)5-7(2)4-8-11(16)13(18)12(17)9(6-14)20-8/h5,8-9,11-14,16-18H,3-4,6H2,1-2H3/b7-5+/t8-,9+,11-,12-,13+/m0/s1. The first kappa shape index (κ1) is 17.1. The summed E-state index contributed by atoms with van der Waals surface area (Å²) in [5, 5.41) is 38.2. The molecule has 4 N–H and O–H groups in total. The lowest BCUT2D eigenvalue weighted by molar-refractivity contribution is -0.228. The van der Waals surface area contributed by atoms with Crippen molar-refractivity contribution in [2.45, 2.75) is 50.8 Å². The predicted molar refractivity (Wildman–Crippen MR) is 68.8 cm³/mol. The normalized spacial score (nSPS) is 34.9. The van der Waals surface area contributed by atoms with Crippen LogP contribution in [0.1, 0.15) is 20.3 Å². The van der Waals surface area contributed by atoms with Gasteiger partial charge in [0.25, 0.3) is 0 Å². The van der Waals surface area contributed by atoms with Crippen molar-refractivity contribution >= 4 is 5.97 Å². The van der Waals surface area contributed by atoms with Crippen molar-refractivity contribution in [3.8, 4) is 0 Å². The van der Waals surface area contributed by atoms with Gasteiger partial charge in [-0.1, -0.05) is 5.57 Å². The lowest BCUT2D eigenvalue weighted by Gasteiger charge is -2.40. The monoisotopic (exact) mass is 290 g/mol. The highest BCUT2D eigenvalue weighted by molar-refractivity contribution is 5.82. The average Bonchev–Trinajstić information content (AvgIpc) is 2.39. The molecule has 1 rings (SSSR count). The summed E-state index contributed by atoms with van der Waals surface area (Å²) in [6, 6.07) is 0. The smallest absolute Gasteiger partial charge is 0.330 e. The van der Waals surface area contributed by atoms with Crippen molar-refractivity contribution in [2.24, 2.45) is 0 Å². The minimum Gasteiger partial charge on any atom is -0.463 e. The van der Waals surface area contributed by atoms with E-state index in [0.717, 1.165) is 0 Å². The zero-order valence-corrected chi connectivity index (χ0v) is 11.6. The van der Waals surface area contributed by atoms with E-state index in [1.807, 2.05) is 0 Å². The van der Waals surface area contributed by atoms with Gasteiger partial charge in [-0.2, -0.15) is 0 Å². The van der Waals surface area contributed by atoms with E-state index in [9.17, 15) is 20.1 Å². The minimum atomic E-state index is -1.40. The van der Waals surface area contributed by atoms with Gasteiger partial charge in [-0.05, 0) is 20.3 Å². The van der Waals surface area contributed by atoms with Crippen LogP contribution in [-0.4, -0.2) is 70.1 Å². The highest BCUT2D eigenvalue weighted by Crippen LogP contribution is 2.25. The third kappa shape index (κ3) is 4.26. The first-order valence-electron chi connectivity index (χ1n) is 6.55. The number of ether oxygens (including phenoxy) is 2. The Labute approximate surface area is 117 Å². The zero-order chi connectivity index (χ0) is 15.3. The van der Waals surface area contributed by atoms with E-state index in [0.29, 0.717) is 5.57 Å². The van der Waals surface area contributed by atoms with Crippen molar-refractivity contribution in [3.05, 3.63) is 11.6 Å². The SMILES string of the molecule is CCOC(=O)/C=C(\C)C[C@@H]1O[C@H](CO)[C@H](O)[C@H](O)[C@H]1O. The quantitative estimate of drug-likeness (QED) is 0.368. The van der Waals surface area contributed by atoms with E-state index in [-0.39, 0.29) is 13.0 Å². The molecular formula is C13H22O7. The second-order valence-electron chi connectivity index (χ2n) is 4.81. The largest absolute Gasteiger partial charge is 0.463 e. The highest BCUT2D eigenvalue weighted by Gasteiger charge is 2.43. The third-order valence-electron chi connectivity index (χ3n) is 3.17. The number of aliphatic hydroxyl groups excluding tert-OH is 4. The Kier molecular flexibility index (Phi) is 6.57. The molecule has 1 aliphatic heterocycles. The molecule has 1 aliphatic rings. The topological polar surface area (TPSA) is 116 Å². The van der Waals surface area contributed by atoms with Gasteiger partial charge >= 0.3 is 5.97 Å². The van der Waals surface area contributed by atoms with Crippen LogP contribution in [0.15, 0.2) is 11.6 Å². The van der Waals surface area contributed by atoms with Crippen molar-refractivity contribution in [1.82, 2.24) is 0 Å². The molecule has 0 aromatic heterocycles. The number of hydrogen-bond acceptors (Lipinski definition) is 7. The second-order valence-corrected chi connectivity index (χ2v) is 4.81. The Morgan fingerprint density at radius 2 is 1.80 bits per heavy atom. The Morgan fingerprint density at radius 1 is 1.20 bits per heavy atom. The molecule has 1 heterocycles. The summed E-state index contributed by atoms with van der Waals surface area (Å²) in [7, 11) is 0. The van der Waals surface area contributed by atoms with E-state index in [2.05, 4.69) is 0 Å². The summed E-state index contributed by atoms with van der Waals surface area (Å²) in [5.41, 5.74) is 0.604. The van der Waals surface area contributed by atoms with Gasteiger partial charge in [0, 0.05) is 6.08 Å². The maximum Gasteiger partial charge on any atom is 0.330 e. The number of carbonyl (C=O) groups excluding carboxylic acids is 1. The van der Waals surface area contributed by atoms with Gasteiger partial charge < -0.3 is 29.9 Å². The molecule has 20 heavy (non-hydrogen) atoms. The van der Waals surface area contributed by atoms with Crippen LogP contribution in [0.3, 0.4) is 0 Å². The van der Waals surface area contributed by atoms with Gasteiger partial charge in [0.2, 0.25) is 0 Å². The van der Waals surface area contributed by atoms with Crippen LogP contribution in [0, 0.1) is 0 Å². The first-order valence-corrected chi connectivity index (χ1v) is 6.55. The van der Waals surface area contributed by atoms with Crippen LogP contribution < -0.4 is 0 Å². The van der Waals surface area contributed by atoms with Gasteiger partial charge in [-0.3, -0.25) is 0 Å². The first-order chi connectivity index (χ1) is 9.40. The average molecular weight is 290 g/mol. The molecule has 1 saturated heterocycles. The van der Waals surface area contributed by atoms with Crippen LogP contribution >= 0.6 is 0 Å². The summed E-state index contributed by atoms with van der Waals surface area (Å²) in [4.78, 5) is 11.3. The van der Waals surface area contributed by atoms with E-state index in [1.54, 1.807) is 13.8 Å². The lowest BCUT2D eigenvalue weighted by atomic mass is 9.92.